The lowest BCUT2D eigenvalue weighted by Crippen LogP contribution is -2.45. The maximum atomic E-state index is 13.3. The number of amides is 1. The third-order valence-electron chi connectivity index (χ3n) is 3.53. The van der Waals surface area contributed by atoms with Crippen molar-refractivity contribution in [1.82, 2.24) is 15.5 Å². The molecular formula is C15H16FN3O3. The first-order valence-electron chi connectivity index (χ1n) is 6.93. The molecule has 0 saturated carbocycles. The lowest BCUT2D eigenvalue weighted by molar-refractivity contribution is 0.0904. The van der Waals surface area contributed by atoms with E-state index in [0.717, 1.165) is 0 Å². The largest absolute Gasteiger partial charge is 0.482 e. The molecule has 116 valence electrons. The number of carbonyl (C=O) groups excluding carboxylic acids is 1. The van der Waals surface area contributed by atoms with E-state index in [1.165, 1.54) is 18.2 Å². The Bertz CT molecular complexity index is 660. The molecule has 1 aromatic carbocycles. The molecule has 0 aliphatic carbocycles. The summed E-state index contributed by atoms with van der Waals surface area (Å²) in [6, 6.07) is 3.99. The van der Waals surface area contributed by atoms with Gasteiger partial charge in [-0.25, -0.2) is 4.39 Å². The highest BCUT2D eigenvalue weighted by molar-refractivity contribution is 5.94. The molecule has 2 N–H and O–H groups in total. The molecule has 7 heteroatoms. The van der Waals surface area contributed by atoms with Gasteiger partial charge in [-0.05, 0) is 30.7 Å². The highest BCUT2D eigenvalue weighted by atomic mass is 19.1. The average molecular weight is 305 g/mol. The van der Waals surface area contributed by atoms with Crippen molar-refractivity contribution in [2.75, 3.05) is 13.2 Å². The highest BCUT2D eigenvalue weighted by Crippen LogP contribution is 2.16. The summed E-state index contributed by atoms with van der Waals surface area (Å²) in [6.07, 6.45) is 2.89. The van der Waals surface area contributed by atoms with Gasteiger partial charge in [0.25, 0.3) is 5.91 Å². The monoisotopic (exact) mass is 305 g/mol. The number of ether oxygens (including phenoxy) is 2. The predicted octanol–water partition coefficient (Wildman–Crippen LogP) is 1.43. The van der Waals surface area contributed by atoms with Gasteiger partial charge in [0, 0.05) is 5.56 Å². The maximum Gasteiger partial charge on any atom is 0.251 e. The van der Waals surface area contributed by atoms with Crippen LogP contribution in [-0.2, 0) is 4.74 Å². The van der Waals surface area contributed by atoms with Gasteiger partial charge in [-0.2, -0.15) is 5.10 Å². The van der Waals surface area contributed by atoms with E-state index in [2.05, 4.69) is 15.5 Å². The summed E-state index contributed by atoms with van der Waals surface area (Å²) in [6.45, 7) is 2.38. The molecule has 2 atom stereocenters. The topological polar surface area (TPSA) is 76.2 Å². The van der Waals surface area contributed by atoms with Crippen LogP contribution in [0.25, 0.3) is 0 Å². The van der Waals surface area contributed by atoms with Crippen molar-refractivity contribution in [2.24, 2.45) is 0 Å². The van der Waals surface area contributed by atoms with Crippen LogP contribution < -0.4 is 10.1 Å². The minimum absolute atomic E-state index is 0.271. The van der Waals surface area contributed by atoms with Crippen LogP contribution in [0.3, 0.4) is 0 Å². The second-order valence-corrected chi connectivity index (χ2v) is 5.17. The number of rotatable bonds is 4. The van der Waals surface area contributed by atoms with E-state index in [9.17, 15) is 9.18 Å². The standard InChI is InChI=1S/C15H16FN3O3/c1-9-4-10(2-3-12(9)16)15(20)19-13-7-21-8-14(13)22-11-5-17-18-6-11/h2-6,13-14H,7-8H2,1H3,(H,17,18)(H,19,20)/t13-,14+/m0/s1. The third kappa shape index (κ3) is 3.09. The van der Waals surface area contributed by atoms with Crippen LogP contribution in [0.15, 0.2) is 30.6 Å². The van der Waals surface area contributed by atoms with Gasteiger partial charge in [0.1, 0.15) is 11.9 Å². The Kier molecular flexibility index (Phi) is 4.06. The number of nitrogens with one attached hydrogen (secondary N) is 2. The predicted molar refractivity (Wildman–Crippen MR) is 76.2 cm³/mol. The summed E-state index contributed by atoms with van der Waals surface area (Å²) in [5.41, 5.74) is 0.842. The Labute approximate surface area is 126 Å². The zero-order chi connectivity index (χ0) is 15.5. The Balaban J connectivity index is 1.65. The molecule has 1 fully saturated rings. The Hall–Kier alpha value is -2.41. The fraction of sp³-hybridized carbons (Fsp3) is 0.333. The molecule has 2 heterocycles. The molecule has 0 unspecified atom stereocenters. The summed E-state index contributed by atoms with van der Waals surface area (Å²) in [5, 5.41) is 9.32. The van der Waals surface area contributed by atoms with Crippen molar-refractivity contribution in [1.29, 1.82) is 0 Å². The number of aryl methyl sites for hydroxylation is 1. The molecule has 3 rings (SSSR count). The van der Waals surface area contributed by atoms with Crippen LogP contribution in [0, 0.1) is 12.7 Å². The van der Waals surface area contributed by atoms with Crippen molar-refractivity contribution >= 4 is 5.91 Å². The van der Waals surface area contributed by atoms with Gasteiger partial charge in [-0.1, -0.05) is 0 Å². The molecule has 6 nitrogen and oxygen atoms in total. The molecule has 1 aliphatic rings. The summed E-state index contributed by atoms with van der Waals surface area (Å²) >= 11 is 0. The number of nitrogens with zero attached hydrogens (tertiary/aromatic N) is 1. The maximum absolute atomic E-state index is 13.3. The van der Waals surface area contributed by atoms with E-state index in [0.29, 0.717) is 30.1 Å². The van der Waals surface area contributed by atoms with E-state index in [1.807, 2.05) is 0 Å². The van der Waals surface area contributed by atoms with Gasteiger partial charge in [0.05, 0.1) is 31.6 Å². The molecular weight excluding hydrogens is 289 g/mol. The minimum atomic E-state index is -0.332. The van der Waals surface area contributed by atoms with Crippen LogP contribution in [0.1, 0.15) is 15.9 Å². The number of aromatic amines is 1. The van der Waals surface area contributed by atoms with Crippen LogP contribution >= 0.6 is 0 Å². The first-order chi connectivity index (χ1) is 10.6. The molecule has 1 amide bonds. The van der Waals surface area contributed by atoms with E-state index in [-0.39, 0.29) is 23.9 Å². The fourth-order valence-electron chi connectivity index (χ4n) is 2.30. The van der Waals surface area contributed by atoms with Gasteiger partial charge in [0.2, 0.25) is 0 Å². The van der Waals surface area contributed by atoms with E-state index < -0.39 is 0 Å². The number of hydrogen-bond acceptors (Lipinski definition) is 4. The van der Waals surface area contributed by atoms with Crippen LogP contribution in [0.4, 0.5) is 4.39 Å². The zero-order valence-electron chi connectivity index (χ0n) is 12.0. The van der Waals surface area contributed by atoms with Gasteiger partial charge in [0.15, 0.2) is 5.75 Å². The van der Waals surface area contributed by atoms with E-state index >= 15 is 0 Å². The van der Waals surface area contributed by atoms with Gasteiger partial charge in [-0.15, -0.1) is 0 Å². The third-order valence-corrected chi connectivity index (χ3v) is 3.53. The van der Waals surface area contributed by atoms with Crippen molar-refractivity contribution < 1.29 is 18.7 Å². The second-order valence-electron chi connectivity index (χ2n) is 5.17. The SMILES string of the molecule is Cc1cc(C(=O)N[C@H]2COC[C@H]2Oc2cn[nH]c2)ccc1F. The van der Waals surface area contributed by atoms with Crippen molar-refractivity contribution in [2.45, 2.75) is 19.1 Å². The fourth-order valence-corrected chi connectivity index (χ4v) is 2.30. The summed E-state index contributed by atoms with van der Waals surface area (Å²) < 4.78 is 24.3. The summed E-state index contributed by atoms with van der Waals surface area (Å²) in [4.78, 5) is 12.2. The number of aromatic nitrogens is 2. The van der Waals surface area contributed by atoms with E-state index in [4.69, 9.17) is 9.47 Å². The number of benzene rings is 1. The van der Waals surface area contributed by atoms with Gasteiger partial charge < -0.3 is 14.8 Å². The molecule has 0 spiro atoms. The van der Waals surface area contributed by atoms with Gasteiger partial charge >= 0.3 is 0 Å². The quantitative estimate of drug-likeness (QED) is 0.896. The average Bonchev–Trinajstić information content (AvgIpc) is 3.15. The summed E-state index contributed by atoms with van der Waals surface area (Å²) in [7, 11) is 0. The highest BCUT2D eigenvalue weighted by Gasteiger charge is 2.32. The Morgan fingerprint density at radius 1 is 1.50 bits per heavy atom. The van der Waals surface area contributed by atoms with Crippen molar-refractivity contribution in [3.63, 3.8) is 0 Å². The number of hydrogen-bond donors (Lipinski definition) is 2. The molecule has 1 aromatic heterocycles. The normalized spacial score (nSPS) is 20.8. The van der Waals surface area contributed by atoms with Crippen molar-refractivity contribution in [3.8, 4) is 5.75 Å². The van der Waals surface area contributed by atoms with E-state index in [1.54, 1.807) is 19.3 Å². The molecule has 1 aliphatic heterocycles. The van der Waals surface area contributed by atoms with Crippen LogP contribution in [0.2, 0.25) is 0 Å². The number of H-pyrrole nitrogens is 1. The first-order valence-corrected chi connectivity index (χ1v) is 6.93. The lowest BCUT2D eigenvalue weighted by atomic mass is 10.1. The number of halogens is 1. The van der Waals surface area contributed by atoms with Crippen LogP contribution in [-0.4, -0.2) is 41.5 Å². The smallest absolute Gasteiger partial charge is 0.251 e. The van der Waals surface area contributed by atoms with Gasteiger partial charge in [-0.3, -0.25) is 9.89 Å². The second kappa shape index (κ2) is 6.15. The zero-order valence-corrected chi connectivity index (χ0v) is 12.0. The first kappa shape index (κ1) is 14.5. The molecule has 22 heavy (non-hydrogen) atoms. The molecule has 1 saturated heterocycles. The Morgan fingerprint density at radius 3 is 3.09 bits per heavy atom. The summed E-state index contributed by atoms with van der Waals surface area (Å²) in [5.74, 6) is -0.0197. The molecule has 0 radical (unpaired) electrons. The molecule has 0 bridgehead atoms. The Morgan fingerprint density at radius 2 is 2.36 bits per heavy atom. The van der Waals surface area contributed by atoms with Crippen LogP contribution in [0.5, 0.6) is 5.75 Å². The number of carbonyl (C=O) groups is 1. The minimum Gasteiger partial charge on any atom is -0.482 e. The lowest BCUT2D eigenvalue weighted by Gasteiger charge is -2.19. The molecule has 2 aromatic rings. The van der Waals surface area contributed by atoms with Crippen molar-refractivity contribution in [3.05, 3.63) is 47.5 Å².